The Hall–Kier alpha value is -2.01. The van der Waals surface area contributed by atoms with Gasteiger partial charge in [0.05, 0.1) is 5.56 Å². The molecule has 2 aromatic rings. The number of halogens is 1. The number of para-hydroxylation sites is 1. The summed E-state index contributed by atoms with van der Waals surface area (Å²) in [6, 6.07) is 7.64. The van der Waals surface area contributed by atoms with E-state index in [1.165, 1.54) is 18.2 Å². The lowest BCUT2D eigenvalue weighted by molar-refractivity contribution is -0.389. The summed E-state index contributed by atoms with van der Waals surface area (Å²) < 4.78 is 0. The molecule has 0 radical (unpaired) electrons. The van der Waals surface area contributed by atoms with Crippen molar-refractivity contribution in [2.75, 3.05) is 0 Å². The molecule has 1 heterocycles. The quantitative estimate of drug-likeness (QED) is 0.456. The molecule has 80 valence electrons. The third kappa shape index (κ3) is 1.72. The Balaban J connectivity index is 2.78. The average molecular weight is 237 g/mol. The first-order chi connectivity index (χ1) is 7.59. The second kappa shape index (κ2) is 3.86. The van der Waals surface area contributed by atoms with Crippen LogP contribution >= 0.6 is 11.6 Å². The van der Waals surface area contributed by atoms with Gasteiger partial charge in [-0.25, -0.2) is 0 Å². The fourth-order valence-electron chi connectivity index (χ4n) is 1.40. The van der Waals surface area contributed by atoms with Gasteiger partial charge < -0.3 is 10.1 Å². The topological polar surface area (TPSA) is 73.1 Å². The maximum absolute atomic E-state index is 11.1. The summed E-state index contributed by atoms with van der Waals surface area (Å²) >= 11 is 5.37. The van der Waals surface area contributed by atoms with Crippen LogP contribution in [0.1, 0.15) is 10.4 Å². The van der Waals surface area contributed by atoms with Crippen molar-refractivity contribution in [1.82, 2.24) is 4.98 Å². The number of aromatic nitrogens is 1. The zero-order valence-corrected chi connectivity index (χ0v) is 8.64. The van der Waals surface area contributed by atoms with Crippen molar-refractivity contribution in [1.29, 1.82) is 0 Å². The van der Waals surface area contributed by atoms with Crippen molar-refractivity contribution in [2.24, 2.45) is 0 Å². The van der Waals surface area contributed by atoms with Crippen molar-refractivity contribution in [3.8, 4) is 0 Å². The average Bonchev–Trinajstić information content (AvgIpc) is 2.27. The molecule has 5 nitrogen and oxygen atoms in total. The molecule has 0 aliphatic carbocycles. The molecular formula is C10H5ClN2O3. The van der Waals surface area contributed by atoms with Crippen LogP contribution in [0.4, 0.5) is 5.82 Å². The second-order valence-corrected chi connectivity index (χ2v) is 3.42. The lowest BCUT2D eigenvalue weighted by Gasteiger charge is -1.98. The third-order valence-electron chi connectivity index (χ3n) is 2.10. The molecule has 0 aliphatic rings. The smallest absolute Gasteiger partial charge is 0.358 e. The van der Waals surface area contributed by atoms with Crippen LogP contribution in [-0.4, -0.2) is 15.1 Å². The van der Waals surface area contributed by atoms with E-state index in [2.05, 4.69) is 4.98 Å². The lowest BCUT2D eigenvalue weighted by Crippen LogP contribution is -1.96. The Labute approximate surface area is 94.8 Å². The third-order valence-corrected chi connectivity index (χ3v) is 2.31. The van der Waals surface area contributed by atoms with Crippen molar-refractivity contribution >= 4 is 33.6 Å². The van der Waals surface area contributed by atoms with Crippen LogP contribution in [0.2, 0.25) is 0 Å². The molecule has 1 aromatic heterocycles. The van der Waals surface area contributed by atoms with Gasteiger partial charge >= 0.3 is 5.82 Å². The van der Waals surface area contributed by atoms with Crippen molar-refractivity contribution in [3.63, 3.8) is 0 Å². The van der Waals surface area contributed by atoms with Gasteiger partial charge in [0.15, 0.2) is 5.52 Å². The van der Waals surface area contributed by atoms with E-state index < -0.39 is 10.2 Å². The van der Waals surface area contributed by atoms with E-state index in [0.29, 0.717) is 5.39 Å². The number of rotatable bonds is 2. The van der Waals surface area contributed by atoms with Gasteiger partial charge in [-0.1, -0.05) is 12.1 Å². The number of pyridine rings is 1. The molecule has 6 heteroatoms. The molecule has 1 aromatic carbocycles. The van der Waals surface area contributed by atoms with Crippen LogP contribution in [0.15, 0.2) is 30.3 Å². The summed E-state index contributed by atoms with van der Waals surface area (Å²) in [6.45, 7) is 0. The Bertz CT molecular complexity index is 598. The SMILES string of the molecule is O=C(Cl)c1cccc2ccc([N+](=O)[O-])nc12. The number of carbonyl (C=O) groups excluding carboxylic acids is 1. The molecule has 0 atom stereocenters. The predicted octanol–water partition coefficient (Wildman–Crippen LogP) is 2.52. The van der Waals surface area contributed by atoms with Gasteiger partial charge in [-0.3, -0.25) is 4.79 Å². The van der Waals surface area contributed by atoms with Gasteiger partial charge in [0, 0.05) is 11.5 Å². The maximum Gasteiger partial charge on any atom is 0.364 e. The largest absolute Gasteiger partial charge is 0.364 e. The molecule has 0 fully saturated rings. The summed E-state index contributed by atoms with van der Waals surface area (Å²) in [4.78, 5) is 24.8. The minimum atomic E-state index is -0.682. The number of carbonyl (C=O) groups is 1. The summed E-state index contributed by atoms with van der Waals surface area (Å²) in [5.74, 6) is -0.308. The van der Waals surface area contributed by atoms with Gasteiger partial charge in [-0.2, -0.15) is 0 Å². The highest BCUT2D eigenvalue weighted by atomic mass is 35.5. The Kier molecular flexibility index (Phi) is 2.54. The molecule has 0 amide bonds. The monoisotopic (exact) mass is 236 g/mol. The zero-order valence-electron chi connectivity index (χ0n) is 7.88. The van der Waals surface area contributed by atoms with Crippen molar-refractivity contribution in [3.05, 3.63) is 46.0 Å². The van der Waals surface area contributed by atoms with E-state index in [0.717, 1.165) is 0 Å². The molecule has 0 saturated carbocycles. The number of nitrogens with zero attached hydrogens (tertiary/aromatic N) is 2. The number of hydrogen-bond donors (Lipinski definition) is 0. The molecule has 0 saturated heterocycles. The van der Waals surface area contributed by atoms with E-state index >= 15 is 0 Å². The van der Waals surface area contributed by atoms with E-state index in [9.17, 15) is 14.9 Å². The van der Waals surface area contributed by atoms with Crippen LogP contribution < -0.4 is 0 Å². The van der Waals surface area contributed by atoms with Crippen LogP contribution in [0.5, 0.6) is 0 Å². The Morgan fingerprint density at radius 3 is 2.69 bits per heavy atom. The highest BCUT2D eigenvalue weighted by molar-refractivity contribution is 6.68. The zero-order chi connectivity index (χ0) is 11.7. The highest BCUT2D eigenvalue weighted by Crippen LogP contribution is 2.21. The van der Waals surface area contributed by atoms with E-state index in [1.807, 2.05) is 0 Å². The summed E-state index contributed by atoms with van der Waals surface area (Å²) in [5.41, 5.74) is 0.416. The molecule has 0 spiro atoms. The van der Waals surface area contributed by atoms with Crippen LogP contribution in [0.3, 0.4) is 0 Å². The first-order valence-corrected chi connectivity index (χ1v) is 4.71. The highest BCUT2D eigenvalue weighted by Gasteiger charge is 2.15. The van der Waals surface area contributed by atoms with Gasteiger partial charge in [-0.05, 0) is 33.6 Å². The van der Waals surface area contributed by atoms with Crippen molar-refractivity contribution < 1.29 is 9.72 Å². The normalized spacial score (nSPS) is 10.3. The first kappa shape index (κ1) is 10.5. The van der Waals surface area contributed by atoms with Crippen LogP contribution in [0, 0.1) is 10.1 Å². The summed E-state index contributed by atoms with van der Waals surface area (Å²) in [6.07, 6.45) is 0. The second-order valence-electron chi connectivity index (χ2n) is 3.08. The standard InChI is InChI=1S/C10H5ClN2O3/c11-10(14)7-3-1-2-6-4-5-8(13(15)16)12-9(6)7/h1-5H. The minimum Gasteiger partial charge on any atom is -0.358 e. The molecule has 2 rings (SSSR count). The number of fused-ring (bicyclic) bond motifs is 1. The van der Waals surface area contributed by atoms with E-state index in [4.69, 9.17) is 11.6 Å². The van der Waals surface area contributed by atoms with Crippen LogP contribution in [0.25, 0.3) is 10.9 Å². The molecule has 0 N–H and O–H groups in total. The number of nitro groups is 1. The fourth-order valence-corrected chi connectivity index (χ4v) is 1.55. The Morgan fingerprint density at radius 1 is 1.31 bits per heavy atom. The van der Waals surface area contributed by atoms with Gasteiger partial charge in [-0.15, -0.1) is 0 Å². The molecular weight excluding hydrogens is 232 g/mol. The maximum atomic E-state index is 11.1. The molecule has 0 aliphatic heterocycles. The van der Waals surface area contributed by atoms with Gasteiger partial charge in [0.1, 0.15) is 0 Å². The summed E-state index contributed by atoms with van der Waals surface area (Å²) in [5, 5.41) is 10.5. The summed E-state index contributed by atoms with van der Waals surface area (Å²) in [7, 11) is 0. The first-order valence-electron chi connectivity index (χ1n) is 4.33. The Morgan fingerprint density at radius 2 is 2.06 bits per heavy atom. The fraction of sp³-hybridized carbons (Fsp3) is 0. The molecule has 16 heavy (non-hydrogen) atoms. The predicted molar refractivity (Wildman–Crippen MR) is 58.6 cm³/mol. The van der Waals surface area contributed by atoms with E-state index in [-0.39, 0.29) is 16.9 Å². The number of benzene rings is 1. The minimum absolute atomic E-state index is 0.169. The van der Waals surface area contributed by atoms with Crippen molar-refractivity contribution in [2.45, 2.75) is 0 Å². The van der Waals surface area contributed by atoms with Gasteiger partial charge in [0.2, 0.25) is 0 Å². The lowest BCUT2D eigenvalue weighted by atomic mass is 10.1. The van der Waals surface area contributed by atoms with E-state index in [1.54, 1.807) is 12.1 Å². The number of hydrogen-bond acceptors (Lipinski definition) is 4. The molecule has 0 bridgehead atoms. The van der Waals surface area contributed by atoms with Gasteiger partial charge in [0.25, 0.3) is 5.24 Å². The molecule has 0 unspecified atom stereocenters. The van der Waals surface area contributed by atoms with Crippen LogP contribution in [-0.2, 0) is 0 Å².